The van der Waals surface area contributed by atoms with Gasteiger partial charge in [-0.2, -0.15) is 38.4 Å². The summed E-state index contributed by atoms with van der Waals surface area (Å²) in [4.78, 5) is 24.4. The molecule has 14 rings (SSSR count). The number of anilines is 5. The van der Waals surface area contributed by atoms with Crippen molar-refractivity contribution in [3.05, 3.63) is 118 Å². The van der Waals surface area contributed by atoms with Crippen molar-refractivity contribution in [2.24, 2.45) is 0 Å². The number of ether oxygens (including phenoxy) is 1. The molecule has 0 bridgehead atoms. The van der Waals surface area contributed by atoms with Crippen molar-refractivity contribution >= 4 is 175 Å². The van der Waals surface area contributed by atoms with Crippen LogP contribution in [0.5, 0.6) is 0 Å². The normalized spacial score (nSPS) is 16.2. The molecule has 39 heteroatoms. The minimum absolute atomic E-state index is 0.0205. The Balaban J connectivity index is 0.000000143. The Morgan fingerprint density at radius 1 is 0.505 bits per heavy atom. The molecule has 4 aliphatic heterocycles. The second-order valence-corrected chi connectivity index (χ2v) is 37.1. The number of piperazine rings is 4. The van der Waals surface area contributed by atoms with Crippen LogP contribution in [0.1, 0.15) is 27.2 Å². The Morgan fingerprint density at radius 2 is 0.860 bits per heavy atom. The number of fused-ring (bicyclic) bond motifs is 5. The fourth-order valence-electron chi connectivity index (χ4n) is 12.8. The van der Waals surface area contributed by atoms with E-state index in [9.17, 15) is 38.5 Å². The zero-order valence-corrected chi connectivity index (χ0v) is 67.3. The van der Waals surface area contributed by atoms with Gasteiger partial charge in [-0.15, -0.1) is 0 Å². The number of nitrogens with zero attached hydrogens (tertiary/aromatic N) is 15. The molecule has 107 heavy (non-hydrogen) atoms. The van der Waals surface area contributed by atoms with Gasteiger partial charge >= 0.3 is 0 Å². The van der Waals surface area contributed by atoms with E-state index in [0.29, 0.717) is 125 Å². The highest BCUT2D eigenvalue weighted by atomic mass is 35.5. The SMILES string of the molecule is CC(C)S(=O)(=O)N1CCN(c2cc(Cl)cc3[nH]ncc23)CC1.CCCS(=O)(=O)N1CCN(c2cc(Cl)cc3[nH]ncc23)CC1.CN(C)C(=O)CN1CCN(c2cc(Cl)cc3[nH]ncc23)CC1.CN(CCNc1cccc2[nH]ncc12)S(C)(=O)=O.COCCS(=O)(=O)N1CCN(c2cc(Cl)cc3[nH]ncc23)CC1. The van der Waals surface area contributed by atoms with Crippen LogP contribution in [-0.2, 0) is 49.6 Å². The minimum Gasteiger partial charge on any atom is -0.384 e. The molecular weight excluding hydrogens is 1540 g/mol. The van der Waals surface area contributed by atoms with E-state index in [0.717, 1.165) is 109 Å². The van der Waals surface area contributed by atoms with Crippen LogP contribution >= 0.6 is 46.4 Å². The summed E-state index contributed by atoms with van der Waals surface area (Å²) in [5.41, 5.74) is 9.60. The maximum absolute atomic E-state index is 12.2. The first-order valence-electron chi connectivity index (χ1n) is 34.9. The molecule has 0 spiro atoms. The maximum atomic E-state index is 12.2. The lowest BCUT2D eigenvalue weighted by Crippen LogP contribution is -2.50. The van der Waals surface area contributed by atoms with Crippen molar-refractivity contribution in [2.45, 2.75) is 32.4 Å². The first kappa shape index (κ1) is 82.1. The van der Waals surface area contributed by atoms with Gasteiger partial charge in [0.25, 0.3) is 0 Å². The fraction of sp³-hybridized carbons (Fsp3) is 0.471. The highest BCUT2D eigenvalue weighted by molar-refractivity contribution is 7.90. The number of carbonyl (C=O) groups is 1. The lowest BCUT2D eigenvalue weighted by molar-refractivity contribution is -0.130. The molecule has 31 nitrogen and oxygen atoms in total. The number of sulfonamides is 4. The van der Waals surface area contributed by atoms with Crippen LogP contribution in [-0.4, -0.2) is 300 Å². The predicted octanol–water partition coefficient (Wildman–Crippen LogP) is 7.76. The third kappa shape index (κ3) is 21.0. The number of methoxy groups -OCH3 is 1. The summed E-state index contributed by atoms with van der Waals surface area (Å²) in [6, 6.07) is 20.9. The van der Waals surface area contributed by atoms with Gasteiger partial charge in [-0.25, -0.2) is 38.0 Å². The summed E-state index contributed by atoms with van der Waals surface area (Å²) < 4.78 is 106. The molecule has 1 amide bonds. The van der Waals surface area contributed by atoms with Crippen molar-refractivity contribution in [1.82, 2.24) is 78.0 Å². The van der Waals surface area contributed by atoms with Gasteiger partial charge in [0, 0.05) is 222 Å². The van der Waals surface area contributed by atoms with E-state index in [1.807, 2.05) is 79.9 Å². The third-order valence-electron chi connectivity index (χ3n) is 18.9. The Hall–Kier alpha value is -7.36. The van der Waals surface area contributed by atoms with Crippen LogP contribution in [0.3, 0.4) is 0 Å². The molecular formula is C68H93Cl4N21O10S4. The van der Waals surface area contributed by atoms with Gasteiger partial charge in [-0.05, 0) is 80.9 Å². The number of aromatic amines is 5. The molecule has 4 fully saturated rings. The molecule has 5 aromatic carbocycles. The first-order chi connectivity index (χ1) is 50.9. The second kappa shape index (κ2) is 36.4. The number of H-pyrrole nitrogens is 5. The second-order valence-electron chi connectivity index (χ2n) is 26.6. The number of halogens is 4. The largest absolute Gasteiger partial charge is 0.384 e. The summed E-state index contributed by atoms with van der Waals surface area (Å²) in [7, 11) is -6.02. The lowest BCUT2D eigenvalue weighted by Gasteiger charge is -2.36. The molecule has 0 saturated carbocycles. The van der Waals surface area contributed by atoms with Crippen LogP contribution in [0.4, 0.5) is 28.4 Å². The van der Waals surface area contributed by atoms with Gasteiger partial charge in [-0.1, -0.05) is 59.4 Å². The number of benzene rings is 5. The number of hydrogen-bond donors (Lipinski definition) is 6. The third-order valence-corrected chi connectivity index (χ3v) is 27.2. The Morgan fingerprint density at radius 3 is 1.21 bits per heavy atom. The average Bonchev–Trinajstić information content (AvgIpc) is 1.78. The Bertz CT molecular complexity index is 5110. The standard InChI is InChI=1S/C15H20ClN5O.C14H19ClN4O3S.2C14H19ClN4O2S.C11H16N4O2S/c1-19(2)15(22)10-20-3-5-21(6-4-20)14-8-11(16)7-13-12(14)9-17-18-13;1-22-6-7-23(20,21)19-4-2-18(3-5-19)14-9-11(15)8-13-12(14)10-16-17-13;1-10(2)22(20,21)19-5-3-18(4-6-19)14-8-11(15)7-13-12(14)9-16-17-13;1-2-7-22(20,21)19-5-3-18(4-6-19)14-9-11(15)8-13-12(14)10-16-17-13;1-15(18(2,16)17)7-6-12-10-4-3-5-11-9(10)8-13-14-11/h7-9H,3-6,10H2,1-2H3,(H,17,18);8-10H,2-7H2,1H3,(H,16,17);7-10H,3-6H2,1-2H3,(H,16,17);8-10H,2-7H2,1H3,(H,16,17);3-5,8,12H,6-7H2,1-2H3,(H,13,14). The summed E-state index contributed by atoms with van der Waals surface area (Å²) in [6.07, 6.45) is 10.7. The lowest BCUT2D eigenvalue weighted by atomic mass is 10.2. The van der Waals surface area contributed by atoms with Crippen LogP contribution in [0.2, 0.25) is 20.1 Å². The maximum Gasteiger partial charge on any atom is 0.236 e. The van der Waals surface area contributed by atoms with E-state index in [4.69, 9.17) is 51.1 Å². The number of rotatable bonds is 20. The van der Waals surface area contributed by atoms with Gasteiger partial charge in [0.15, 0.2) is 0 Å². The van der Waals surface area contributed by atoms with Crippen LogP contribution in [0.15, 0.2) is 97.7 Å². The van der Waals surface area contributed by atoms with Gasteiger partial charge < -0.3 is 34.6 Å². The Kier molecular flexibility index (Phi) is 28.0. The molecule has 0 unspecified atom stereocenters. The molecule has 5 aromatic heterocycles. The number of amides is 1. The quantitative estimate of drug-likeness (QED) is 0.0424. The minimum atomic E-state index is -3.25. The zero-order valence-electron chi connectivity index (χ0n) is 61.0. The molecule has 6 N–H and O–H groups in total. The van der Waals surface area contributed by atoms with E-state index in [2.05, 4.69) is 80.8 Å². The topological polar surface area (TPSA) is 351 Å². The van der Waals surface area contributed by atoms with Crippen molar-refractivity contribution < 1.29 is 43.2 Å². The zero-order chi connectivity index (χ0) is 77.0. The van der Waals surface area contributed by atoms with Crippen molar-refractivity contribution in [2.75, 3.05) is 202 Å². The van der Waals surface area contributed by atoms with Crippen LogP contribution < -0.4 is 24.9 Å². The van der Waals surface area contributed by atoms with E-state index in [1.54, 1.807) is 73.3 Å². The molecule has 0 aliphatic carbocycles. The van der Waals surface area contributed by atoms with E-state index < -0.39 is 40.1 Å². The molecule has 582 valence electrons. The van der Waals surface area contributed by atoms with E-state index >= 15 is 0 Å². The summed E-state index contributed by atoms with van der Waals surface area (Å²) in [6.45, 7) is 17.2. The van der Waals surface area contributed by atoms with Gasteiger partial charge in [-0.3, -0.25) is 35.2 Å². The predicted molar refractivity (Wildman–Crippen MR) is 429 cm³/mol. The average molecular weight is 1630 g/mol. The molecule has 0 radical (unpaired) electrons. The molecule has 9 heterocycles. The van der Waals surface area contributed by atoms with E-state index in [-0.39, 0.29) is 29.3 Å². The van der Waals surface area contributed by atoms with Crippen LogP contribution in [0.25, 0.3) is 54.5 Å². The van der Waals surface area contributed by atoms with Crippen molar-refractivity contribution in [3.63, 3.8) is 0 Å². The van der Waals surface area contributed by atoms with Gasteiger partial charge in [0.2, 0.25) is 46.0 Å². The van der Waals surface area contributed by atoms with Crippen LogP contribution in [0, 0.1) is 0 Å². The summed E-state index contributed by atoms with van der Waals surface area (Å²) in [5, 5.41) is 45.4. The fourth-order valence-corrected chi connectivity index (χ4v) is 18.1. The number of carbonyl (C=O) groups excluding carboxylic acids is 1. The monoisotopic (exact) mass is 1630 g/mol. The van der Waals surface area contributed by atoms with Crippen molar-refractivity contribution in [3.8, 4) is 0 Å². The smallest absolute Gasteiger partial charge is 0.236 e. The van der Waals surface area contributed by atoms with Gasteiger partial charge in [0.1, 0.15) is 0 Å². The van der Waals surface area contributed by atoms with E-state index in [1.165, 1.54) is 22.0 Å². The van der Waals surface area contributed by atoms with Crippen molar-refractivity contribution in [1.29, 1.82) is 0 Å². The number of likely N-dealkylation sites (N-methyl/N-ethyl adjacent to an activating group) is 2. The highest BCUT2D eigenvalue weighted by Gasteiger charge is 2.32. The highest BCUT2D eigenvalue weighted by Crippen LogP contribution is 2.35. The Labute approximate surface area is 644 Å². The molecule has 4 saturated heterocycles. The number of aromatic nitrogens is 10. The summed E-state index contributed by atoms with van der Waals surface area (Å²) >= 11 is 24.7. The number of hydrogen-bond acceptors (Lipinski definition) is 21. The van der Waals surface area contributed by atoms with Gasteiger partial charge in [0.05, 0.1) is 94.7 Å². The molecule has 0 atom stereocenters. The summed E-state index contributed by atoms with van der Waals surface area (Å²) in [5.74, 6) is 0.386. The number of nitrogens with one attached hydrogen (secondary N) is 6. The molecule has 10 aromatic rings. The first-order valence-corrected chi connectivity index (χ1v) is 43.0. The molecule has 4 aliphatic rings.